The quantitative estimate of drug-likeness (QED) is 0.160. The first-order chi connectivity index (χ1) is 17.8. The van der Waals surface area contributed by atoms with Gasteiger partial charge < -0.3 is 33.9 Å². The van der Waals surface area contributed by atoms with Crippen LogP contribution in [0.2, 0.25) is 0 Å². The summed E-state index contributed by atoms with van der Waals surface area (Å²) in [6, 6.07) is 6.35. The molecule has 0 saturated heterocycles. The Balaban J connectivity index is 0. The van der Waals surface area contributed by atoms with Crippen molar-refractivity contribution in [2.75, 3.05) is 26.8 Å². The van der Waals surface area contributed by atoms with Crippen molar-refractivity contribution in [1.82, 2.24) is 0 Å². The molecule has 13 nitrogen and oxygen atoms in total. The summed E-state index contributed by atoms with van der Waals surface area (Å²) in [4.78, 5) is 22.2. The molecule has 0 atom stereocenters. The van der Waals surface area contributed by atoms with Crippen LogP contribution < -0.4 is 18.9 Å². The molecule has 2 aromatic rings. The number of ether oxygens (including phenoxy) is 5. The molecule has 4 N–H and O–H groups in total. The van der Waals surface area contributed by atoms with Gasteiger partial charge in [0.15, 0.2) is 23.0 Å². The predicted molar refractivity (Wildman–Crippen MR) is 165 cm³/mol. The molecule has 0 aliphatic carbocycles. The fourth-order valence-corrected chi connectivity index (χ4v) is 3.34. The normalized spacial score (nSPS) is 11.3. The number of carboxylic acid groups (broad SMARTS) is 1. The van der Waals surface area contributed by atoms with Crippen molar-refractivity contribution in [2.24, 2.45) is 0 Å². The number of carbonyl (C=O) groups excluding carboxylic acids is 1. The number of fused-ring (bicyclic) bond motifs is 2. The molecule has 2 aliphatic heterocycles. The van der Waals surface area contributed by atoms with Gasteiger partial charge in [0.05, 0.1) is 17.7 Å². The van der Waals surface area contributed by atoms with Crippen molar-refractivity contribution in [1.29, 1.82) is 0 Å². The van der Waals surface area contributed by atoms with E-state index in [9.17, 15) is 9.59 Å². The zero-order valence-corrected chi connectivity index (χ0v) is 27.8. The monoisotopic (exact) mass is 930 g/mol. The molecule has 2 aromatic carbocycles. The summed E-state index contributed by atoms with van der Waals surface area (Å²) < 4.78 is 58.1. The van der Waals surface area contributed by atoms with Gasteiger partial charge in [0, 0.05) is 52.8 Å². The summed E-state index contributed by atoms with van der Waals surface area (Å²) >= 11 is 10.7. The van der Waals surface area contributed by atoms with Crippen molar-refractivity contribution in [3.63, 3.8) is 0 Å². The first-order valence-corrected chi connectivity index (χ1v) is 19.1. The molecule has 0 bridgehead atoms. The fourth-order valence-electron chi connectivity index (χ4n) is 2.36. The lowest BCUT2D eigenvalue weighted by Gasteiger charge is -2.05. The molecule has 222 valence electrons. The Labute approximate surface area is 265 Å². The topological polar surface area (TPSA) is 195 Å². The first-order valence-electron chi connectivity index (χ1n) is 9.85. The van der Waals surface area contributed by atoms with Gasteiger partial charge in [-0.1, -0.05) is 7.43 Å². The lowest BCUT2D eigenvalue weighted by Crippen LogP contribution is -2.05. The maximum atomic E-state index is 11.5. The third kappa shape index (κ3) is 15.4. The van der Waals surface area contributed by atoms with E-state index in [1.807, 2.05) is 0 Å². The highest BCUT2D eigenvalue weighted by Crippen LogP contribution is 2.38. The Morgan fingerprint density at radius 3 is 1.51 bits per heavy atom. The molecule has 0 spiro atoms. The number of esters is 1. The van der Waals surface area contributed by atoms with Crippen molar-refractivity contribution in [2.45, 2.75) is 21.3 Å². The minimum absolute atomic E-state index is 0. The van der Waals surface area contributed by atoms with Crippen molar-refractivity contribution >= 4 is 91.4 Å². The van der Waals surface area contributed by atoms with Gasteiger partial charge in [-0.2, -0.15) is 8.42 Å². The minimum atomic E-state index is -4.67. The summed E-state index contributed by atoms with van der Waals surface area (Å²) in [7, 11) is -4.67. The average Bonchev–Trinajstić information content (AvgIpc) is 3.47. The van der Waals surface area contributed by atoms with E-state index in [0.29, 0.717) is 44.1 Å². The minimum Gasteiger partial charge on any atom is -0.478 e. The Morgan fingerprint density at radius 1 is 0.872 bits per heavy atom. The van der Waals surface area contributed by atoms with Crippen LogP contribution in [-0.2, 0) is 15.1 Å². The van der Waals surface area contributed by atoms with Crippen LogP contribution in [0, 0.1) is 0 Å². The van der Waals surface area contributed by atoms with Crippen molar-refractivity contribution < 1.29 is 61.0 Å². The van der Waals surface area contributed by atoms with E-state index in [1.54, 1.807) is 32.0 Å². The number of benzene rings is 2. The highest BCUT2D eigenvalue weighted by Gasteiger charge is 2.21. The molecule has 0 unspecified atom stereocenters. The molecular weight excluding hydrogens is 906 g/mol. The molecule has 0 saturated carbocycles. The van der Waals surface area contributed by atoms with E-state index in [0.717, 1.165) is 0 Å². The standard InChI is InChI=1S/C10H9BrO4.C8H5BrO4.C2H6O.CH4.I2.H2O4S/c1-2-13-10(12)6-3-8-9(4-7(6)11)15-5-14-8;9-5-2-7-6(12-3-13-7)1-4(5)8(10)11;1-2-3;;1-2;1-5(2,3)4/h3-4H,2,5H2,1H3;1-2H,3H2,(H,10,11);3H,2H2,1H3;1H4;;(H2,1,2,3,4). The highest BCUT2D eigenvalue weighted by atomic mass is 128. The first kappa shape index (κ1) is 40.0. The molecular formula is C21H26Br2I2O13S. The van der Waals surface area contributed by atoms with Crippen LogP contribution in [0.5, 0.6) is 23.0 Å². The molecule has 39 heavy (non-hydrogen) atoms. The number of carbonyl (C=O) groups is 2. The Hall–Kier alpha value is -1.17. The van der Waals surface area contributed by atoms with Gasteiger partial charge in [-0.15, -0.1) is 0 Å². The van der Waals surface area contributed by atoms with Gasteiger partial charge in [-0.05, 0) is 70.0 Å². The van der Waals surface area contributed by atoms with Gasteiger partial charge >= 0.3 is 22.3 Å². The largest absolute Gasteiger partial charge is 0.478 e. The third-order valence-corrected chi connectivity index (χ3v) is 4.96. The van der Waals surface area contributed by atoms with Gasteiger partial charge in [0.2, 0.25) is 13.6 Å². The molecule has 18 heteroatoms. The lowest BCUT2D eigenvalue weighted by atomic mass is 10.2. The Morgan fingerprint density at radius 2 is 1.18 bits per heavy atom. The van der Waals surface area contributed by atoms with E-state index in [4.69, 9.17) is 51.4 Å². The number of carboxylic acids is 1. The predicted octanol–water partition coefficient (Wildman–Crippen LogP) is 5.98. The number of halogens is 4. The third-order valence-electron chi connectivity index (χ3n) is 3.65. The zero-order chi connectivity index (χ0) is 29.5. The summed E-state index contributed by atoms with van der Waals surface area (Å²) in [6.45, 7) is 4.37. The van der Waals surface area contributed by atoms with E-state index in [-0.39, 0.29) is 39.2 Å². The second-order valence-electron chi connectivity index (χ2n) is 6.16. The van der Waals surface area contributed by atoms with Crippen LogP contribution in [0.1, 0.15) is 42.0 Å². The summed E-state index contributed by atoms with van der Waals surface area (Å²) in [5.74, 6) is 0.876. The van der Waals surface area contributed by atoms with Crippen molar-refractivity contribution in [3.05, 3.63) is 44.3 Å². The van der Waals surface area contributed by atoms with Gasteiger partial charge in [-0.3, -0.25) is 9.11 Å². The van der Waals surface area contributed by atoms with Crippen LogP contribution in [0.4, 0.5) is 0 Å². The molecule has 0 fully saturated rings. The molecule has 2 aliphatic rings. The summed E-state index contributed by atoms with van der Waals surface area (Å²) in [6.07, 6.45) is 0. The van der Waals surface area contributed by atoms with Gasteiger partial charge in [-0.25, -0.2) is 9.59 Å². The SMILES string of the molecule is C.CCO.CCOC(=O)c1cc2c(cc1Br)OCO2.II.O=C(O)c1cc2c(cc1Br)OCO2.O=S(=O)(O)O. The Bertz CT molecular complexity index is 1170. The number of aliphatic hydroxyl groups is 1. The smallest absolute Gasteiger partial charge is 0.394 e. The van der Waals surface area contributed by atoms with Crippen LogP contribution in [-0.4, -0.2) is 66.5 Å². The number of hydrogen-bond acceptors (Lipinski definition) is 10. The summed E-state index contributed by atoms with van der Waals surface area (Å²) in [5, 5.41) is 16.3. The van der Waals surface area contributed by atoms with Crippen LogP contribution in [0.25, 0.3) is 0 Å². The number of rotatable bonds is 3. The van der Waals surface area contributed by atoms with Gasteiger partial charge in [0.25, 0.3) is 0 Å². The molecule has 0 amide bonds. The number of aromatic carboxylic acids is 1. The lowest BCUT2D eigenvalue weighted by molar-refractivity contribution is 0.0524. The average molecular weight is 932 g/mol. The van der Waals surface area contributed by atoms with E-state index in [2.05, 4.69) is 69.1 Å². The maximum Gasteiger partial charge on any atom is 0.394 e. The molecule has 4 rings (SSSR count). The van der Waals surface area contributed by atoms with Gasteiger partial charge in [0.1, 0.15) is 0 Å². The zero-order valence-electron chi connectivity index (χ0n) is 19.5. The molecule has 0 radical (unpaired) electrons. The van der Waals surface area contributed by atoms with Crippen LogP contribution in [0.15, 0.2) is 33.2 Å². The second-order valence-corrected chi connectivity index (χ2v) is 8.76. The number of aliphatic hydroxyl groups excluding tert-OH is 1. The van der Waals surface area contributed by atoms with E-state index < -0.39 is 16.4 Å². The second kappa shape index (κ2) is 20.7. The Kier molecular flexibility index (Phi) is 21.2. The molecule has 2 heterocycles. The summed E-state index contributed by atoms with van der Waals surface area (Å²) in [5.41, 5.74) is 0.616. The van der Waals surface area contributed by atoms with E-state index >= 15 is 0 Å². The van der Waals surface area contributed by atoms with E-state index in [1.165, 1.54) is 6.07 Å². The fraction of sp³-hybridized carbons (Fsp3) is 0.333. The number of hydrogen-bond donors (Lipinski definition) is 4. The van der Waals surface area contributed by atoms with Crippen molar-refractivity contribution in [3.8, 4) is 23.0 Å². The molecule has 0 aromatic heterocycles. The van der Waals surface area contributed by atoms with Crippen LogP contribution >= 0.6 is 69.1 Å². The van der Waals surface area contributed by atoms with Crippen LogP contribution in [0.3, 0.4) is 0 Å². The highest BCUT2D eigenvalue weighted by molar-refractivity contribution is 15.0. The maximum absolute atomic E-state index is 11.5.